The molecule has 1 heterocycles. The Balaban J connectivity index is 1.68. The Kier molecular flexibility index (Phi) is 5.28. The summed E-state index contributed by atoms with van der Waals surface area (Å²) >= 11 is 0. The molecule has 2 aromatic rings. The van der Waals surface area contributed by atoms with Crippen molar-refractivity contribution < 1.29 is 29.0 Å². The lowest BCUT2D eigenvalue weighted by molar-refractivity contribution is -0.138. The maximum Gasteiger partial charge on any atom is 0.419 e. The first kappa shape index (κ1) is 18.9. The van der Waals surface area contributed by atoms with E-state index in [1.54, 1.807) is 42.5 Å². The Labute approximate surface area is 159 Å². The number of hydrogen-bond donors (Lipinski definition) is 4. The van der Waals surface area contributed by atoms with Crippen molar-refractivity contribution in [3.8, 4) is 11.5 Å². The van der Waals surface area contributed by atoms with Gasteiger partial charge in [0.05, 0.1) is 0 Å². The van der Waals surface area contributed by atoms with Gasteiger partial charge in [0.15, 0.2) is 5.76 Å². The number of cyclic esters (lactones) is 1. The minimum absolute atomic E-state index is 0.0819. The third kappa shape index (κ3) is 4.46. The minimum Gasteiger partial charge on any atom is -0.480 e. The van der Waals surface area contributed by atoms with Crippen molar-refractivity contribution in [1.82, 2.24) is 5.32 Å². The van der Waals surface area contributed by atoms with Crippen molar-refractivity contribution in [2.24, 2.45) is 5.73 Å². The monoisotopic (exact) mass is 383 g/mol. The van der Waals surface area contributed by atoms with Crippen molar-refractivity contribution >= 4 is 29.7 Å². The number of carboxylic acids is 1. The van der Waals surface area contributed by atoms with E-state index in [4.69, 9.17) is 26.0 Å². The van der Waals surface area contributed by atoms with Crippen LogP contribution in [0.1, 0.15) is 11.1 Å². The summed E-state index contributed by atoms with van der Waals surface area (Å²) in [7, 11) is 0. The molecule has 1 unspecified atom stereocenters. The molecule has 2 amide bonds. The largest absolute Gasteiger partial charge is 0.480 e. The van der Waals surface area contributed by atoms with Gasteiger partial charge in [0, 0.05) is 18.2 Å². The van der Waals surface area contributed by atoms with Crippen LogP contribution in [0.15, 0.2) is 48.2 Å². The average Bonchev–Trinajstić information content (AvgIpc) is 2.96. The van der Waals surface area contributed by atoms with E-state index in [-0.39, 0.29) is 12.2 Å². The zero-order valence-electron chi connectivity index (χ0n) is 14.5. The number of benzene rings is 2. The van der Waals surface area contributed by atoms with E-state index in [1.807, 2.05) is 5.32 Å². The van der Waals surface area contributed by atoms with Gasteiger partial charge in [0.1, 0.15) is 17.5 Å². The molecule has 28 heavy (non-hydrogen) atoms. The number of carbonyl (C=O) groups excluding carboxylic acids is 2. The Morgan fingerprint density at radius 3 is 2.43 bits per heavy atom. The second kappa shape index (κ2) is 7.80. The highest BCUT2D eigenvalue weighted by molar-refractivity contribution is 6.09. The molecule has 2 aromatic carbocycles. The number of hydrogen-bond acceptors (Lipinski definition) is 7. The topological polar surface area (TPSA) is 154 Å². The number of nitrogens with one attached hydrogen (secondary N) is 1. The maximum atomic E-state index is 11.5. The van der Waals surface area contributed by atoms with Crippen LogP contribution in [-0.2, 0) is 20.7 Å². The van der Waals surface area contributed by atoms with Crippen LogP contribution in [0.3, 0.4) is 0 Å². The molecule has 6 N–H and O–H groups in total. The summed E-state index contributed by atoms with van der Waals surface area (Å²) in [6, 6.07) is 10.6. The molecule has 0 saturated carbocycles. The highest BCUT2D eigenvalue weighted by Crippen LogP contribution is 2.26. The SMILES string of the molecule is Nc1cc(Oc2ccc(C=C3OC(=O)NC3=O)cc2)ccc1CC(N)C(=O)O. The molecule has 0 spiro atoms. The number of nitrogens with two attached hydrogens (primary N) is 2. The van der Waals surface area contributed by atoms with Crippen molar-refractivity contribution in [3.63, 3.8) is 0 Å². The summed E-state index contributed by atoms with van der Waals surface area (Å²) in [6.45, 7) is 0. The standard InChI is InChI=1S/C19H17N3O6/c20-14-9-13(6-3-11(14)8-15(21)18(24)25)27-12-4-1-10(2-5-12)7-16-17(23)22-19(26)28-16/h1-7,9,15H,8,20-21H2,(H,24,25)(H,22,23,26). The molecule has 0 radical (unpaired) electrons. The number of anilines is 1. The van der Waals surface area contributed by atoms with Gasteiger partial charge in [-0.1, -0.05) is 18.2 Å². The molecule has 1 fully saturated rings. The summed E-state index contributed by atoms with van der Waals surface area (Å²) in [5, 5.41) is 10.9. The highest BCUT2D eigenvalue weighted by Gasteiger charge is 2.25. The first-order chi connectivity index (χ1) is 13.3. The number of carboxylic acid groups (broad SMARTS) is 1. The third-order valence-corrected chi connectivity index (χ3v) is 3.93. The molecule has 0 aliphatic carbocycles. The van der Waals surface area contributed by atoms with E-state index in [9.17, 15) is 14.4 Å². The molecule has 1 aliphatic rings. The van der Waals surface area contributed by atoms with Crippen molar-refractivity contribution in [2.75, 3.05) is 5.73 Å². The average molecular weight is 383 g/mol. The van der Waals surface area contributed by atoms with Crippen LogP contribution in [0.2, 0.25) is 0 Å². The first-order valence-corrected chi connectivity index (χ1v) is 8.21. The summed E-state index contributed by atoms with van der Waals surface area (Å²) in [4.78, 5) is 33.3. The molecule has 1 aliphatic heterocycles. The van der Waals surface area contributed by atoms with Gasteiger partial charge in [-0.3, -0.25) is 14.9 Å². The molecule has 9 nitrogen and oxygen atoms in total. The van der Waals surface area contributed by atoms with Crippen LogP contribution < -0.4 is 21.5 Å². The Hall–Kier alpha value is -3.85. The normalized spacial score (nSPS) is 15.8. The number of aliphatic carboxylic acids is 1. The fourth-order valence-corrected chi connectivity index (χ4v) is 2.49. The minimum atomic E-state index is -1.10. The summed E-state index contributed by atoms with van der Waals surface area (Å²) in [5.41, 5.74) is 13.1. The number of ether oxygens (including phenoxy) is 2. The second-order valence-electron chi connectivity index (χ2n) is 6.03. The Bertz CT molecular complexity index is 968. The number of nitrogen functional groups attached to an aromatic ring is 1. The molecule has 0 aromatic heterocycles. The Morgan fingerprint density at radius 1 is 1.18 bits per heavy atom. The fraction of sp³-hybridized carbons (Fsp3) is 0.105. The number of alkyl carbamates (subject to hydrolysis) is 1. The second-order valence-corrected chi connectivity index (χ2v) is 6.03. The number of carbonyl (C=O) groups is 3. The predicted molar refractivity (Wildman–Crippen MR) is 99.3 cm³/mol. The van der Waals surface area contributed by atoms with E-state index >= 15 is 0 Å². The highest BCUT2D eigenvalue weighted by atomic mass is 16.6. The van der Waals surface area contributed by atoms with Crippen molar-refractivity contribution in [2.45, 2.75) is 12.5 Å². The molecule has 1 saturated heterocycles. The summed E-state index contributed by atoms with van der Waals surface area (Å²) in [5.74, 6) is -0.783. The van der Waals surface area contributed by atoms with Gasteiger partial charge in [0.2, 0.25) is 0 Å². The van der Waals surface area contributed by atoms with Gasteiger partial charge in [-0.25, -0.2) is 4.79 Å². The molecular weight excluding hydrogens is 366 g/mol. The van der Waals surface area contributed by atoms with Gasteiger partial charge in [0.25, 0.3) is 5.91 Å². The lowest BCUT2D eigenvalue weighted by Crippen LogP contribution is -2.32. The van der Waals surface area contributed by atoms with E-state index in [1.165, 1.54) is 6.08 Å². The maximum absolute atomic E-state index is 11.5. The molecule has 0 bridgehead atoms. The van der Waals surface area contributed by atoms with Gasteiger partial charge >= 0.3 is 12.1 Å². The number of imide groups is 1. The quantitative estimate of drug-likeness (QED) is 0.433. The molecule has 9 heteroatoms. The van der Waals surface area contributed by atoms with E-state index in [2.05, 4.69) is 0 Å². The van der Waals surface area contributed by atoms with Gasteiger partial charge in [-0.15, -0.1) is 0 Å². The van der Waals surface area contributed by atoms with Gasteiger partial charge in [-0.05, 0) is 35.4 Å². The third-order valence-electron chi connectivity index (χ3n) is 3.93. The van der Waals surface area contributed by atoms with Crippen LogP contribution in [-0.4, -0.2) is 29.1 Å². The lowest BCUT2D eigenvalue weighted by atomic mass is 10.0. The van der Waals surface area contributed by atoms with Crippen LogP contribution in [0.4, 0.5) is 10.5 Å². The number of amides is 2. The van der Waals surface area contributed by atoms with Crippen molar-refractivity contribution in [1.29, 1.82) is 0 Å². The number of rotatable bonds is 6. The lowest BCUT2D eigenvalue weighted by Gasteiger charge is -2.12. The summed E-state index contributed by atoms with van der Waals surface area (Å²) < 4.78 is 10.5. The van der Waals surface area contributed by atoms with E-state index in [0.717, 1.165) is 0 Å². The predicted octanol–water partition coefficient (Wildman–Crippen LogP) is 1.62. The first-order valence-electron chi connectivity index (χ1n) is 8.21. The van der Waals surface area contributed by atoms with Gasteiger partial charge < -0.3 is 26.0 Å². The fourth-order valence-electron chi connectivity index (χ4n) is 2.49. The van der Waals surface area contributed by atoms with E-state index < -0.39 is 24.0 Å². The molecule has 144 valence electrons. The van der Waals surface area contributed by atoms with Crippen LogP contribution in [0, 0.1) is 0 Å². The molecular formula is C19H17N3O6. The van der Waals surface area contributed by atoms with Crippen LogP contribution in [0.5, 0.6) is 11.5 Å². The van der Waals surface area contributed by atoms with Gasteiger partial charge in [-0.2, -0.15) is 0 Å². The molecule has 1 atom stereocenters. The smallest absolute Gasteiger partial charge is 0.419 e. The summed E-state index contributed by atoms with van der Waals surface area (Å²) in [6.07, 6.45) is 0.743. The Morgan fingerprint density at radius 2 is 1.86 bits per heavy atom. The molecule has 3 rings (SSSR count). The zero-order valence-corrected chi connectivity index (χ0v) is 14.5. The van der Waals surface area contributed by atoms with Crippen molar-refractivity contribution in [3.05, 3.63) is 59.4 Å². The zero-order chi connectivity index (χ0) is 20.3. The van der Waals surface area contributed by atoms with Crippen LogP contribution >= 0.6 is 0 Å². The van der Waals surface area contributed by atoms with Crippen LogP contribution in [0.25, 0.3) is 6.08 Å². The van der Waals surface area contributed by atoms with E-state index in [0.29, 0.717) is 28.3 Å².